The number of thiazole rings is 1. The number of halogens is 4. The highest BCUT2D eigenvalue weighted by atomic mass is 35.5. The van der Waals surface area contributed by atoms with E-state index in [0.29, 0.717) is 28.7 Å². The Morgan fingerprint density at radius 2 is 1.83 bits per heavy atom. The summed E-state index contributed by atoms with van der Waals surface area (Å²) in [6.07, 6.45) is -2.92. The minimum Gasteiger partial charge on any atom is -0.481 e. The molecular formula is C19H15ClF3N3O3S. The first-order chi connectivity index (χ1) is 14.2. The van der Waals surface area contributed by atoms with Gasteiger partial charge in [0, 0.05) is 23.3 Å². The maximum atomic E-state index is 12.6. The molecule has 0 fully saturated rings. The number of carbonyl (C=O) groups is 1. The first kappa shape index (κ1) is 21.8. The molecule has 1 atom stereocenters. The van der Waals surface area contributed by atoms with Crippen LogP contribution in [-0.2, 0) is 17.5 Å². The number of rotatable bonds is 7. The van der Waals surface area contributed by atoms with Gasteiger partial charge in [-0.1, -0.05) is 11.6 Å². The minimum absolute atomic E-state index is 0.0209. The summed E-state index contributed by atoms with van der Waals surface area (Å²) in [6, 6.07) is 8.28. The largest absolute Gasteiger partial charge is 0.481 e. The summed E-state index contributed by atoms with van der Waals surface area (Å²) in [5.74, 6) is 0.487. The number of hydrogen-bond donors (Lipinski definition) is 1. The van der Waals surface area contributed by atoms with Crippen LogP contribution in [0, 0.1) is 0 Å². The second-order valence-electron chi connectivity index (χ2n) is 6.01. The molecule has 2 heterocycles. The van der Waals surface area contributed by atoms with Gasteiger partial charge in [-0.3, -0.25) is 4.79 Å². The fraction of sp³-hybridized carbons (Fsp3) is 0.211. The third-order valence-corrected chi connectivity index (χ3v) is 4.87. The summed E-state index contributed by atoms with van der Waals surface area (Å²) in [4.78, 5) is 20.5. The molecular weight excluding hydrogens is 443 g/mol. The molecule has 1 amide bonds. The molecule has 2 aromatic heterocycles. The van der Waals surface area contributed by atoms with Gasteiger partial charge in [0.05, 0.1) is 12.1 Å². The molecule has 158 valence electrons. The summed E-state index contributed by atoms with van der Waals surface area (Å²) >= 11 is 7.02. The molecule has 0 radical (unpaired) electrons. The SMILES string of the molecule is C[C@@H](Oc1ccc(Oc2ccc(C(F)(F)F)cn2)cc1)C(=O)NCc1cnc(Cl)s1. The van der Waals surface area contributed by atoms with Gasteiger partial charge in [-0.15, -0.1) is 11.3 Å². The molecule has 0 aliphatic carbocycles. The van der Waals surface area contributed by atoms with Gasteiger partial charge in [-0.05, 0) is 37.3 Å². The van der Waals surface area contributed by atoms with Gasteiger partial charge in [-0.25, -0.2) is 9.97 Å². The number of ether oxygens (including phenoxy) is 2. The molecule has 0 aliphatic rings. The Bertz CT molecular complexity index is 995. The Kier molecular flexibility index (Phi) is 6.78. The van der Waals surface area contributed by atoms with Gasteiger partial charge >= 0.3 is 6.18 Å². The number of hydrogen-bond acceptors (Lipinski definition) is 6. The van der Waals surface area contributed by atoms with Crippen LogP contribution in [-0.4, -0.2) is 22.0 Å². The fourth-order valence-electron chi connectivity index (χ4n) is 2.26. The van der Waals surface area contributed by atoms with Crippen molar-refractivity contribution in [3.63, 3.8) is 0 Å². The molecule has 3 aromatic rings. The van der Waals surface area contributed by atoms with Gasteiger partial charge < -0.3 is 14.8 Å². The Hall–Kier alpha value is -2.85. The molecule has 0 spiro atoms. The zero-order valence-electron chi connectivity index (χ0n) is 15.4. The zero-order valence-corrected chi connectivity index (χ0v) is 17.0. The van der Waals surface area contributed by atoms with Gasteiger partial charge in [-0.2, -0.15) is 13.2 Å². The van der Waals surface area contributed by atoms with Crippen molar-refractivity contribution in [2.45, 2.75) is 25.7 Å². The van der Waals surface area contributed by atoms with Crippen LogP contribution in [0.5, 0.6) is 17.4 Å². The summed E-state index contributed by atoms with van der Waals surface area (Å²) in [5.41, 5.74) is -0.857. The highest BCUT2D eigenvalue weighted by Gasteiger charge is 2.30. The molecule has 0 saturated heterocycles. The first-order valence-corrected chi connectivity index (χ1v) is 9.76. The zero-order chi connectivity index (χ0) is 21.7. The van der Waals surface area contributed by atoms with Crippen LogP contribution in [0.2, 0.25) is 4.47 Å². The van der Waals surface area contributed by atoms with Gasteiger partial charge in [0.1, 0.15) is 11.5 Å². The lowest BCUT2D eigenvalue weighted by molar-refractivity contribution is -0.137. The first-order valence-electron chi connectivity index (χ1n) is 8.56. The highest BCUT2D eigenvalue weighted by Crippen LogP contribution is 2.30. The standard InChI is InChI=1S/C19H15ClF3N3O3S/c1-11(17(27)25-9-15-10-26-18(20)30-15)28-13-3-5-14(6-4-13)29-16-7-2-12(8-24-16)19(21,22)23/h2-8,10-11H,9H2,1H3,(H,25,27)/t11-/m1/s1. The van der Waals surface area contributed by atoms with Crippen LogP contribution < -0.4 is 14.8 Å². The summed E-state index contributed by atoms with van der Waals surface area (Å²) in [7, 11) is 0. The lowest BCUT2D eigenvalue weighted by Crippen LogP contribution is -2.35. The van der Waals surface area contributed by atoms with E-state index >= 15 is 0 Å². The topological polar surface area (TPSA) is 73.3 Å². The van der Waals surface area contributed by atoms with E-state index in [0.717, 1.165) is 17.0 Å². The van der Waals surface area contributed by atoms with Crippen molar-refractivity contribution >= 4 is 28.8 Å². The second-order valence-corrected chi connectivity index (χ2v) is 7.71. The summed E-state index contributed by atoms with van der Waals surface area (Å²) in [5, 5.41) is 2.73. The lowest BCUT2D eigenvalue weighted by Gasteiger charge is -2.14. The normalized spacial score (nSPS) is 12.3. The quantitative estimate of drug-likeness (QED) is 0.535. The van der Waals surface area contributed by atoms with E-state index in [2.05, 4.69) is 15.3 Å². The third kappa shape index (κ3) is 6.07. The molecule has 1 N–H and O–H groups in total. The van der Waals surface area contributed by atoms with Crippen molar-refractivity contribution in [3.05, 3.63) is 63.7 Å². The van der Waals surface area contributed by atoms with Gasteiger partial charge in [0.2, 0.25) is 5.88 Å². The van der Waals surface area contributed by atoms with Gasteiger partial charge in [0.15, 0.2) is 10.6 Å². The molecule has 0 unspecified atom stereocenters. The Balaban J connectivity index is 1.51. The summed E-state index contributed by atoms with van der Waals surface area (Å²) < 4.78 is 49.1. The number of nitrogens with zero attached hydrogens (tertiary/aromatic N) is 2. The van der Waals surface area contributed by atoms with E-state index in [-0.39, 0.29) is 11.8 Å². The number of nitrogens with one attached hydrogen (secondary N) is 1. The van der Waals surface area contributed by atoms with Crippen molar-refractivity contribution < 1.29 is 27.4 Å². The van der Waals surface area contributed by atoms with Crippen LogP contribution in [0.15, 0.2) is 48.8 Å². The third-order valence-electron chi connectivity index (χ3n) is 3.75. The number of benzene rings is 1. The van der Waals surface area contributed by atoms with Crippen LogP contribution >= 0.6 is 22.9 Å². The number of alkyl halides is 3. The maximum absolute atomic E-state index is 12.6. The van der Waals surface area contributed by atoms with Crippen LogP contribution in [0.1, 0.15) is 17.4 Å². The molecule has 3 rings (SSSR count). The fourth-order valence-corrected chi connectivity index (χ4v) is 3.17. The van der Waals surface area contributed by atoms with Crippen LogP contribution in [0.25, 0.3) is 0 Å². The van der Waals surface area contributed by atoms with Crippen LogP contribution in [0.4, 0.5) is 13.2 Å². The lowest BCUT2D eigenvalue weighted by atomic mass is 10.3. The van der Waals surface area contributed by atoms with E-state index in [1.165, 1.54) is 11.3 Å². The minimum atomic E-state index is -4.46. The Labute approximate surface area is 178 Å². The average molecular weight is 458 g/mol. The number of amides is 1. The van der Waals surface area contributed by atoms with Crippen molar-refractivity contribution in [2.24, 2.45) is 0 Å². The monoisotopic (exact) mass is 457 g/mol. The van der Waals surface area contributed by atoms with Crippen molar-refractivity contribution in [1.82, 2.24) is 15.3 Å². The predicted octanol–water partition coefficient (Wildman–Crippen LogP) is 5.09. The van der Waals surface area contributed by atoms with E-state index in [9.17, 15) is 18.0 Å². The van der Waals surface area contributed by atoms with Gasteiger partial charge in [0.25, 0.3) is 5.91 Å². The van der Waals surface area contributed by atoms with Crippen molar-refractivity contribution in [1.29, 1.82) is 0 Å². The van der Waals surface area contributed by atoms with E-state index in [1.807, 2.05) is 0 Å². The molecule has 6 nitrogen and oxygen atoms in total. The number of carbonyl (C=O) groups excluding carboxylic acids is 1. The summed E-state index contributed by atoms with van der Waals surface area (Å²) in [6.45, 7) is 1.90. The van der Waals surface area contributed by atoms with Crippen LogP contribution in [0.3, 0.4) is 0 Å². The molecule has 0 aliphatic heterocycles. The number of aromatic nitrogens is 2. The molecule has 1 aromatic carbocycles. The highest BCUT2D eigenvalue weighted by molar-refractivity contribution is 7.15. The maximum Gasteiger partial charge on any atom is 0.417 e. The van der Waals surface area contributed by atoms with E-state index < -0.39 is 17.8 Å². The molecule has 30 heavy (non-hydrogen) atoms. The second kappa shape index (κ2) is 9.31. The van der Waals surface area contributed by atoms with Crippen molar-refractivity contribution in [2.75, 3.05) is 0 Å². The van der Waals surface area contributed by atoms with Crippen molar-refractivity contribution in [3.8, 4) is 17.4 Å². The molecule has 0 saturated carbocycles. The number of pyridine rings is 1. The average Bonchev–Trinajstić information content (AvgIpc) is 3.12. The Morgan fingerprint density at radius 1 is 1.13 bits per heavy atom. The Morgan fingerprint density at radius 3 is 2.40 bits per heavy atom. The molecule has 11 heteroatoms. The predicted molar refractivity (Wildman–Crippen MR) is 105 cm³/mol. The van der Waals surface area contributed by atoms with E-state index in [1.54, 1.807) is 37.4 Å². The van der Waals surface area contributed by atoms with E-state index in [4.69, 9.17) is 21.1 Å². The molecule has 0 bridgehead atoms. The smallest absolute Gasteiger partial charge is 0.417 e.